The van der Waals surface area contributed by atoms with Gasteiger partial charge in [0.25, 0.3) is 0 Å². The van der Waals surface area contributed by atoms with Gasteiger partial charge < -0.3 is 23.9 Å². The van der Waals surface area contributed by atoms with Gasteiger partial charge in [0.15, 0.2) is 0 Å². The van der Waals surface area contributed by atoms with Gasteiger partial charge in [0.2, 0.25) is 0 Å². The first-order valence-corrected chi connectivity index (χ1v) is 11.4. The number of carbonyl (C=O) groups excluding carboxylic acids is 1. The van der Waals surface area contributed by atoms with E-state index < -0.39 is 8.80 Å². The molecule has 0 unspecified atom stereocenters. The molecule has 7 nitrogen and oxygen atoms in total. The second-order valence-corrected chi connectivity index (χ2v) is 8.62. The van der Waals surface area contributed by atoms with E-state index in [4.69, 9.17) is 13.3 Å². The highest BCUT2D eigenvalue weighted by Crippen LogP contribution is 2.18. The molecule has 2 N–H and O–H groups in total. The van der Waals surface area contributed by atoms with Gasteiger partial charge in [-0.05, 0) is 39.3 Å². The molecule has 0 fully saturated rings. The predicted octanol–water partition coefficient (Wildman–Crippen LogP) is 3.79. The highest BCUT2D eigenvalue weighted by molar-refractivity contribution is 6.60. The van der Waals surface area contributed by atoms with Crippen LogP contribution in [-0.2, 0) is 13.3 Å². The maximum Gasteiger partial charge on any atom is 0.500 e. The molecule has 0 atom stereocenters. The van der Waals surface area contributed by atoms with Crippen molar-refractivity contribution >= 4 is 31.4 Å². The molecule has 0 radical (unpaired) electrons. The van der Waals surface area contributed by atoms with Crippen LogP contribution in [0.2, 0.25) is 6.04 Å². The van der Waals surface area contributed by atoms with Crippen LogP contribution < -0.4 is 10.6 Å². The molecule has 0 saturated carbocycles. The number of urea groups is 1. The molecule has 1 heterocycles. The first kappa shape index (κ1) is 21.3. The summed E-state index contributed by atoms with van der Waals surface area (Å²) in [6.45, 7) is 7.96. The van der Waals surface area contributed by atoms with E-state index in [9.17, 15) is 4.79 Å². The summed E-state index contributed by atoms with van der Waals surface area (Å²) in [7, 11) is -2.65. The van der Waals surface area contributed by atoms with Crippen LogP contribution in [0.4, 0.5) is 10.5 Å². The molecule has 0 bridgehead atoms. The van der Waals surface area contributed by atoms with Crippen molar-refractivity contribution in [2.24, 2.45) is 0 Å². The Balaban J connectivity index is 1.81. The van der Waals surface area contributed by atoms with E-state index >= 15 is 0 Å². The zero-order valence-electron chi connectivity index (χ0n) is 16.3. The molecule has 148 valence electrons. The van der Waals surface area contributed by atoms with Gasteiger partial charge in [-0.15, -0.1) is 0 Å². The Morgan fingerprint density at radius 2 is 1.74 bits per heavy atom. The molecule has 8 heteroatoms. The number of para-hydroxylation sites is 1. The van der Waals surface area contributed by atoms with Gasteiger partial charge in [0.1, 0.15) is 0 Å². The lowest BCUT2D eigenvalue weighted by Gasteiger charge is -2.28. The highest BCUT2D eigenvalue weighted by Gasteiger charge is 2.39. The van der Waals surface area contributed by atoms with E-state index in [1.165, 1.54) is 0 Å². The summed E-state index contributed by atoms with van der Waals surface area (Å²) in [6.07, 6.45) is 2.37. The Kier molecular flexibility index (Phi) is 8.66. The Hall–Kier alpha value is -2.00. The second kappa shape index (κ2) is 11.0. The van der Waals surface area contributed by atoms with E-state index in [-0.39, 0.29) is 6.03 Å². The smallest absolute Gasteiger partial charge is 0.374 e. The lowest BCUT2D eigenvalue weighted by Crippen LogP contribution is -2.46. The number of fused-ring (bicyclic) bond motifs is 1. The van der Waals surface area contributed by atoms with E-state index in [0.717, 1.165) is 17.3 Å². The number of anilines is 1. The second-order valence-electron chi connectivity index (χ2n) is 5.88. The predicted molar refractivity (Wildman–Crippen MR) is 109 cm³/mol. The molecule has 0 aliphatic carbocycles. The third-order valence-corrected chi connectivity index (χ3v) is 7.04. The van der Waals surface area contributed by atoms with Crippen LogP contribution in [0, 0.1) is 0 Å². The van der Waals surface area contributed by atoms with Crippen molar-refractivity contribution in [3.63, 3.8) is 0 Å². The monoisotopic (exact) mass is 391 g/mol. The lowest BCUT2D eigenvalue weighted by atomic mass is 10.2. The number of aromatic nitrogens is 1. The van der Waals surface area contributed by atoms with Gasteiger partial charge in [-0.2, -0.15) is 0 Å². The van der Waals surface area contributed by atoms with Crippen LogP contribution >= 0.6 is 0 Å². The molecular formula is C19H29N3O4Si. The molecule has 2 amide bonds. The Morgan fingerprint density at radius 1 is 1.07 bits per heavy atom. The van der Waals surface area contributed by atoms with Crippen molar-refractivity contribution in [1.82, 2.24) is 10.3 Å². The number of nitrogens with zero attached hydrogens (tertiary/aromatic N) is 1. The van der Waals surface area contributed by atoms with Crippen LogP contribution in [0.25, 0.3) is 10.9 Å². The number of pyridine rings is 1. The summed E-state index contributed by atoms with van der Waals surface area (Å²) < 4.78 is 17.4. The summed E-state index contributed by atoms with van der Waals surface area (Å²) in [4.78, 5) is 16.5. The average molecular weight is 392 g/mol. The van der Waals surface area contributed by atoms with Crippen LogP contribution in [0.3, 0.4) is 0 Å². The van der Waals surface area contributed by atoms with Crippen molar-refractivity contribution in [3.8, 4) is 0 Å². The van der Waals surface area contributed by atoms with Crippen LogP contribution in [-0.4, -0.2) is 46.2 Å². The minimum absolute atomic E-state index is 0.261. The highest BCUT2D eigenvalue weighted by atomic mass is 28.4. The molecule has 2 rings (SSSR count). The number of amides is 2. The molecule has 0 saturated heterocycles. The number of hydrogen-bond donors (Lipinski definition) is 2. The molecule has 1 aromatic carbocycles. The lowest BCUT2D eigenvalue weighted by molar-refractivity contribution is 0.0708. The number of hydrogen-bond acceptors (Lipinski definition) is 5. The van der Waals surface area contributed by atoms with Gasteiger partial charge in [-0.3, -0.25) is 4.98 Å². The minimum atomic E-state index is -2.65. The summed E-state index contributed by atoms with van der Waals surface area (Å²) in [5, 5.41) is 6.65. The van der Waals surface area contributed by atoms with Gasteiger partial charge in [0.05, 0.1) is 17.4 Å². The molecule has 0 spiro atoms. The summed E-state index contributed by atoms with van der Waals surface area (Å²) in [5.41, 5.74) is 1.56. The van der Waals surface area contributed by atoms with E-state index in [2.05, 4.69) is 15.6 Å². The molecule has 0 aliphatic rings. The zero-order chi connectivity index (χ0) is 19.5. The molecule has 2 aromatic rings. The van der Waals surface area contributed by atoms with Crippen LogP contribution in [0.5, 0.6) is 0 Å². The quantitative estimate of drug-likeness (QED) is 0.450. The standard InChI is InChI=1S/C19H29N3O4Si/c1-4-24-27(25-5-2,26-6-3)13-9-12-20-19(23)22-17-14-16-10-7-8-11-18(16)21-15-17/h7-8,10-11,14-15H,4-6,9,12-13H2,1-3H3,(H2,20,22,23). The fourth-order valence-electron chi connectivity index (χ4n) is 2.82. The largest absolute Gasteiger partial charge is 0.500 e. The Morgan fingerprint density at radius 3 is 2.41 bits per heavy atom. The maximum atomic E-state index is 12.1. The number of rotatable bonds is 11. The number of carbonyl (C=O) groups is 1. The minimum Gasteiger partial charge on any atom is -0.374 e. The first-order valence-electron chi connectivity index (χ1n) is 9.44. The normalized spacial score (nSPS) is 11.5. The van der Waals surface area contributed by atoms with Crippen molar-refractivity contribution < 1.29 is 18.1 Å². The van der Waals surface area contributed by atoms with E-state index in [0.29, 0.717) is 38.1 Å². The van der Waals surface area contributed by atoms with Gasteiger partial charge in [0, 0.05) is 37.8 Å². The van der Waals surface area contributed by atoms with Gasteiger partial charge in [-0.25, -0.2) is 4.79 Å². The zero-order valence-corrected chi connectivity index (χ0v) is 17.3. The Labute approximate surface area is 161 Å². The third kappa shape index (κ3) is 6.58. The number of nitrogens with one attached hydrogen (secondary N) is 2. The van der Waals surface area contributed by atoms with Crippen molar-refractivity contribution in [3.05, 3.63) is 36.5 Å². The average Bonchev–Trinajstić information content (AvgIpc) is 2.66. The fourth-order valence-corrected chi connectivity index (χ4v) is 5.44. The van der Waals surface area contributed by atoms with E-state index in [1.807, 2.05) is 51.1 Å². The summed E-state index contributed by atoms with van der Waals surface area (Å²) >= 11 is 0. The fraction of sp³-hybridized carbons (Fsp3) is 0.474. The summed E-state index contributed by atoms with van der Waals surface area (Å²) in [6, 6.07) is 10.1. The molecular weight excluding hydrogens is 362 g/mol. The van der Waals surface area contributed by atoms with Gasteiger partial charge in [-0.1, -0.05) is 18.2 Å². The third-order valence-electron chi connectivity index (χ3n) is 3.89. The molecule has 1 aromatic heterocycles. The first-order chi connectivity index (χ1) is 13.1. The van der Waals surface area contributed by atoms with Gasteiger partial charge >= 0.3 is 14.8 Å². The van der Waals surface area contributed by atoms with Crippen molar-refractivity contribution in [2.45, 2.75) is 33.2 Å². The SMILES string of the molecule is CCO[Si](CCCNC(=O)Nc1cnc2ccccc2c1)(OCC)OCC. The van der Waals surface area contributed by atoms with E-state index in [1.54, 1.807) is 6.20 Å². The maximum absolute atomic E-state index is 12.1. The van der Waals surface area contributed by atoms with Crippen LogP contribution in [0.15, 0.2) is 36.5 Å². The van der Waals surface area contributed by atoms with Crippen molar-refractivity contribution in [1.29, 1.82) is 0 Å². The Bertz CT molecular complexity index is 712. The van der Waals surface area contributed by atoms with Crippen LogP contribution in [0.1, 0.15) is 27.2 Å². The topological polar surface area (TPSA) is 81.7 Å². The van der Waals surface area contributed by atoms with Crippen molar-refractivity contribution in [2.75, 3.05) is 31.7 Å². The summed E-state index contributed by atoms with van der Waals surface area (Å²) in [5.74, 6) is 0. The molecule has 27 heavy (non-hydrogen) atoms. The molecule has 0 aliphatic heterocycles. The number of benzene rings is 1.